The van der Waals surface area contributed by atoms with Gasteiger partial charge in [0.2, 0.25) is 0 Å². The largest absolute Gasteiger partial charge is 0.379 e. The first-order valence-electron chi connectivity index (χ1n) is 7.10. The van der Waals surface area contributed by atoms with Gasteiger partial charge in [-0.1, -0.05) is 35.5 Å². The number of nitrogens with one attached hydrogen (secondary N) is 1. The average Bonchev–Trinajstić information content (AvgIpc) is 3.07. The van der Waals surface area contributed by atoms with E-state index in [-0.39, 0.29) is 0 Å². The Balaban J connectivity index is 1.56. The van der Waals surface area contributed by atoms with E-state index in [2.05, 4.69) is 58.1 Å². The standard InChI is InChI=1S/C17H16N4/c1-21-11-15(19-20-21)10-18-14-6-7-17-13(9-14)8-12-4-2-3-5-16(12)17/h2-7,9,11,18H,8,10H2,1H3. The fourth-order valence-electron chi connectivity index (χ4n) is 2.92. The molecule has 4 rings (SSSR count). The normalized spacial score (nSPS) is 12.0. The summed E-state index contributed by atoms with van der Waals surface area (Å²) in [6.45, 7) is 0.694. The van der Waals surface area contributed by atoms with Crippen LogP contribution in [0.3, 0.4) is 0 Å². The summed E-state index contributed by atoms with van der Waals surface area (Å²) in [6, 6.07) is 15.2. The van der Waals surface area contributed by atoms with Gasteiger partial charge in [0.1, 0.15) is 5.69 Å². The summed E-state index contributed by atoms with van der Waals surface area (Å²) in [6.07, 6.45) is 2.95. The highest BCUT2D eigenvalue weighted by Crippen LogP contribution is 2.37. The van der Waals surface area contributed by atoms with Crippen LogP contribution in [0.4, 0.5) is 5.69 Å². The monoisotopic (exact) mass is 276 g/mol. The van der Waals surface area contributed by atoms with E-state index in [1.54, 1.807) is 4.68 Å². The maximum Gasteiger partial charge on any atom is 0.102 e. The highest BCUT2D eigenvalue weighted by atomic mass is 15.4. The van der Waals surface area contributed by atoms with Crippen LogP contribution in [-0.2, 0) is 20.0 Å². The second-order valence-corrected chi connectivity index (χ2v) is 5.44. The molecule has 1 aromatic heterocycles. The molecule has 104 valence electrons. The van der Waals surface area contributed by atoms with E-state index in [0.29, 0.717) is 6.54 Å². The molecule has 0 saturated heterocycles. The second kappa shape index (κ2) is 4.74. The predicted molar refractivity (Wildman–Crippen MR) is 83.0 cm³/mol. The highest BCUT2D eigenvalue weighted by Gasteiger charge is 2.17. The van der Waals surface area contributed by atoms with Crippen LogP contribution in [0.2, 0.25) is 0 Å². The zero-order valence-electron chi connectivity index (χ0n) is 11.9. The van der Waals surface area contributed by atoms with E-state index in [1.165, 1.54) is 22.3 Å². The number of rotatable bonds is 3. The second-order valence-electron chi connectivity index (χ2n) is 5.44. The molecule has 0 aliphatic heterocycles. The van der Waals surface area contributed by atoms with Gasteiger partial charge in [-0.05, 0) is 40.8 Å². The van der Waals surface area contributed by atoms with Gasteiger partial charge in [-0.3, -0.25) is 4.68 Å². The number of benzene rings is 2. The molecule has 0 amide bonds. The summed E-state index contributed by atoms with van der Waals surface area (Å²) >= 11 is 0. The molecule has 1 aliphatic carbocycles. The quantitative estimate of drug-likeness (QED) is 0.625. The molecule has 1 heterocycles. The molecule has 1 N–H and O–H groups in total. The van der Waals surface area contributed by atoms with Crippen molar-refractivity contribution in [2.75, 3.05) is 5.32 Å². The topological polar surface area (TPSA) is 42.7 Å². The van der Waals surface area contributed by atoms with Crippen molar-refractivity contribution in [1.82, 2.24) is 15.0 Å². The molecular formula is C17H16N4. The van der Waals surface area contributed by atoms with Crippen molar-refractivity contribution in [3.8, 4) is 11.1 Å². The Kier molecular flexibility index (Phi) is 2.74. The molecule has 0 saturated carbocycles. The summed E-state index contributed by atoms with van der Waals surface area (Å²) in [5.41, 5.74) is 7.61. The fraction of sp³-hybridized carbons (Fsp3) is 0.176. The van der Waals surface area contributed by atoms with Crippen molar-refractivity contribution in [1.29, 1.82) is 0 Å². The molecule has 4 heteroatoms. The summed E-state index contributed by atoms with van der Waals surface area (Å²) < 4.78 is 1.72. The Labute approximate surface area is 123 Å². The molecule has 2 aromatic carbocycles. The van der Waals surface area contributed by atoms with Crippen LogP contribution in [0.25, 0.3) is 11.1 Å². The summed E-state index contributed by atoms with van der Waals surface area (Å²) in [5.74, 6) is 0. The predicted octanol–water partition coefficient (Wildman–Crippen LogP) is 3.00. The van der Waals surface area contributed by atoms with Gasteiger partial charge in [0.25, 0.3) is 0 Å². The van der Waals surface area contributed by atoms with Crippen LogP contribution in [0, 0.1) is 0 Å². The van der Waals surface area contributed by atoms with Crippen molar-refractivity contribution in [2.24, 2.45) is 7.05 Å². The number of hydrogen-bond donors (Lipinski definition) is 1. The van der Waals surface area contributed by atoms with Crippen LogP contribution in [-0.4, -0.2) is 15.0 Å². The molecule has 0 radical (unpaired) electrons. The third-order valence-electron chi connectivity index (χ3n) is 3.92. The van der Waals surface area contributed by atoms with Gasteiger partial charge in [0, 0.05) is 18.9 Å². The smallest absolute Gasteiger partial charge is 0.102 e. The van der Waals surface area contributed by atoms with Crippen molar-refractivity contribution in [2.45, 2.75) is 13.0 Å². The van der Waals surface area contributed by atoms with Crippen LogP contribution in [0.15, 0.2) is 48.7 Å². The minimum absolute atomic E-state index is 0.694. The number of hydrogen-bond acceptors (Lipinski definition) is 3. The molecule has 0 spiro atoms. The van der Waals surface area contributed by atoms with E-state index < -0.39 is 0 Å². The summed E-state index contributed by atoms with van der Waals surface area (Å²) in [7, 11) is 1.88. The van der Waals surface area contributed by atoms with E-state index in [9.17, 15) is 0 Å². The van der Waals surface area contributed by atoms with E-state index in [4.69, 9.17) is 0 Å². The lowest BCUT2D eigenvalue weighted by Gasteiger charge is -2.07. The summed E-state index contributed by atoms with van der Waals surface area (Å²) in [5, 5.41) is 11.4. The average molecular weight is 276 g/mol. The number of aryl methyl sites for hydroxylation is 1. The first kappa shape index (κ1) is 12.1. The summed E-state index contributed by atoms with van der Waals surface area (Å²) in [4.78, 5) is 0. The lowest BCUT2D eigenvalue weighted by Crippen LogP contribution is -2.00. The number of fused-ring (bicyclic) bond motifs is 3. The molecule has 4 nitrogen and oxygen atoms in total. The van der Waals surface area contributed by atoms with Crippen LogP contribution in [0.1, 0.15) is 16.8 Å². The lowest BCUT2D eigenvalue weighted by atomic mass is 10.1. The van der Waals surface area contributed by atoms with E-state index in [1.807, 2.05) is 13.2 Å². The lowest BCUT2D eigenvalue weighted by molar-refractivity contribution is 0.713. The van der Waals surface area contributed by atoms with Gasteiger partial charge in [-0.25, -0.2) is 0 Å². The van der Waals surface area contributed by atoms with Crippen LogP contribution >= 0.6 is 0 Å². The maximum absolute atomic E-state index is 4.09. The van der Waals surface area contributed by atoms with E-state index in [0.717, 1.165) is 17.8 Å². The minimum atomic E-state index is 0.694. The van der Waals surface area contributed by atoms with Gasteiger partial charge >= 0.3 is 0 Å². The maximum atomic E-state index is 4.09. The molecule has 0 fully saturated rings. The molecule has 0 bridgehead atoms. The fourth-order valence-corrected chi connectivity index (χ4v) is 2.92. The van der Waals surface area contributed by atoms with Crippen molar-refractivity contribution < 1.29 is 0 Å². The van der Waals surface area contributed by atoms with Gasteiger partial charge in [0.15, 0.2) is 0 Å². The number of aromatic nitrogens is 3. The van der Waals surface area contributed by atoms with Crippen LogP contribution < -0.4 is 5.32 Å². The van der Waals surface area contributed by atoms with Gasteiger partial charge in [-0.15, -0.1) is 5.10 Å². The number of nitrogens with zero attached hydrogens (tertiary/aromatic N) is 3. The molecule has 0 atom stereocenters. The van der Waals surface area contributed by atoms with Crippen LogP contribution in [0.5, 0.6) is 0 Å². The Morgan fingerprint density at radius 2 is 1.95 bits per heavy atom. The first-order valence-corrected chi connectivity index (χ1v) is 7.10. The zero-order valence-corrected chi connectivity index (χ0v) is 11.9. The Morgan fingerprint density at radius 1 is 1.10 bits per heavy atom. The molecule has 21 heavy (non-hydrogen) atoms. The molecular weight excluding hydrogens is 260 g/mol. The van der Waals surface area contributed by atoms with Gasteiger partial charge < -0.3 is 5.32 Å². The van der Waals surface area contributed by atoms with Gasteiger partial charge in [-0.2, -0.15) is 0 Å². The zero-order chi connectivity index (χ0) is 14.2. The first-order chi connectivity index (χ1) is 10.3. The van der Waals surface area contributed by atoms with Gasteiger partial charge in [0.05, 0.1) is 6.54 Å². The SMILES string of the molecule is Cn1cc(CNc2ccc3c(c2)Cc2ccccc2-3)nn1. The van der Waals surface area contributed by atoms with Crippen molar-refractivity contribution in [3.05, 3.63) is 65.5 Å². The van der Waals surface area contributed by atoms with Crippen molar-refractivity contribution in [3.63, 3.8) is 0 Å². The molecule has 1 aliphatic rings. The minimum Gasteiger partial charge on any atom is -0.379 e. The molecule has 3 aromatic rings. The Bertz CT molecular complexity index is 804. The number of anilines is 1. The van der Waals surface area contributed by atoms with Crippen molar-refractivity contribution >= 4 is 5.69 Å². The Hall–Kier alpha value is -2.62. The highest BCUT2D eigenvalue weighted by molar-refractivity contribution is 5.78. The third-order valence-corrected chi connectivity index (χ3v) is 3.92. The van der Waals surface area contributed by atoms with E-state index >= 15 is 0 Å². The third kappa shape index (κ3) is 2.18. The molecule has 0 unspecified atom stereocenters. The Morgan fingerprint density at radius 3 is 2.81 bits per heavy atom.